The number of nitrogens with zero attached hydrogens (tertiary/aromatic N) is 1. The van der Waals surface area contributed by atoms with Crippen molar-refractivity contribution in [2.24, 2.45) is 11.0 Å². The summed E-state index contributed by atoms with van der Waals surface area (Å²) in [6, 6.07) is 7.43. The van der Waals surface area contributed by atoms with Gasteiger partial charge in [0.15, 0.2) is 0 Å². The molecule has 2 atom stereocenters. The minimum atomic E-state index is -0.479. The number of hydrazone groups is 1. The zero-order chi connectivity index (χ0) is 16.8. The Morgan fingerprint density at radius 2 is 2.13 bits per heavy atom. The number of hydrogen-bond acceptors (Lipinski definition) is 4. The molecule has 2 unspecified atom stereocenters. The Labute approximate surface area is 136 Å². The average molecular weight is 317 g/mol. The van der Waals surface area contributed by atoms with Crippen LogP contribution in [0.5, 0.6) is 0 Å². The van der Waals surface area contributed by atoms with Crippen molar-refractivity contribution in [3.05, 3.63) is 29.8 Å². The van der Waals surface area contributed by atoms with Crippen LogP contribution in [-0.4, -0.2) is 30.2 Å². The standard InChI is InChI=1S/C17H23N3O3/c1-4-9-23-12(3)17(22)18-14-7-5-13(6-8-14)16-11(2)10-15(21)19-20-16/h5-8,11-12H,4,9-10H2,1-3H3,(H,18,22)(H,19,21). The molecule has 23 heavy (non-hydrogen) atoms. The monoisotopic (exact) mass is 317 g/mol. The van der Waals surface area contributed by atoms with Crippen LogP contribution in [0.2, 0.25) is 0 Å². The second-order valence-electron chi connectivity index (χ2n) is 5.72. The molecule has 0 saturated carbocycles. The summed E-state index contributed by atoms with van der Waals surface area (Å²) in [7, 11) is 0. The van der Waals surface area contributed by atoms with E-state index in [1.165, 1.54) is 0 Å². The lowest BCUT2D eigenvalue weighted by molar-refractivity contribution is -0.126. The Bertz CT molecular complexity index is 596. The molecule has 124 valence electrons. The number of ether oxygens (including phenoxy) is 1. The third kappa shape index (κ3) is 4.63. The molecule has 0 spiro atoms. The summed E-state index contributed by atoms with van der Waals surface area (Å²) in [5.41, 5.74) is 5.00. The van der Waals surface area contributed by atoms with Gasteiger partial charge in [0.25, 0.3) is 5.91 Å². The van der Waals surface area contributed by atoms with Gasteiger partial charge >= 0.3 is 0 Å². The van der Waals surface area contributed by atoms with Crippen molar-refractivity contribution in [2.75, 3.05) is 11.9 Å². The minimum absolute atomic E-state index is 0.0637. The number of rotatable bonds is 6. The minimum Gasteiger partial charge on any atom is -0.369 e. The Hall–Kier alpha value is -2.21. The van der Waals surface area contributed by atoms with Crippen LogP contribution in [0, 0.1) is 5.92 Å². The summed E-state index contributed by atoms with van der Waals surface area (Å²) in [6.07, 6.45) is 0.833. The van der Waals surface area contributed by atoms with Crippen molar-refractivity contribution in [1.82, 2.24) is 5.43 Å². The molecule has 1 heterocycles. The zero-order valence-corrected chi connectivity index (χ0v) is 13.8. The molecular weight excluding hydrogens is 294 g/mol. The first-order valence-electron chi connectivity index (χ1n) is 7.90. The van der Waals surface area contributed by atoms with Gasteiger partial charge in [0.2, 0.25) is 5.91 Å². The molecule has 1 aromatic rings. The van der Waals surface area contributed by atoms with Crippen molar-refractivity contribution in [3.63, 3.8) is 0 Å². The number of carbonyl (C=O) groups excluding carboxylic acids is 2. The highest BCUT2D eigenvalue weighted by atomic mass is 16.5. The van der Waals surface area contributed by atoms with Crippen LogP contribution in [0.25, 0.3) is 0 Å². The number of benzene rings is 1. The lowest BCUT2D eigenvalue weighted by Gasteiger charge is -2.19. The largest absolute Gasteiger partial charge is 0.369 e. The van der Waals surface area contributed by atoms with Gasteiger partial charge in [-0.1, -0.05) is 26.0 Å². The van der Waals surface area contributed by atoms with Gasteiger partial charge in [-0.05, 0) is 31.0 Å². The number of carbonyl (C=O) groups is 2. The van der Waals surface area contributed by atoms with E-state index in [2.05, 4.69) is 15.8 Å². The van der Waals surface area contributed by atoms with E-state index in [4.69, 9.17) is 4.74 Å². The first kappa shape index (κ1) is 17.1. The van der Waals surface area contributed by atoms with Crippen LogP contribution in [0.4, 0.5) is 5.69 Å². The van der Waals surface area contributed by atoms with Gasteiger partial charge in [-0.3, -0.25) is 9.59 Å². The molecule has 6 heteroatoms. The van der Waals surface area contributed by atoms with E-state index in [0.717, 1.165) is 17.7 Å². The van der Waals surface area contributed by atoms with E-state index in [0.29, 0.717) is 18.7 Å². The maximum Gasteiger partial charge on any atom is 0.253 e. The SMILES string of the molecule is CCCOC(C)C(=O)Nc1ccc(C2=NNC(=O)CC2C)cc1. The van der Waals surface area contributed by atoms with Crippen LogP contribution in [-0.2, 0) is 14.3 Å². The Balaban J connectivity index is 2.00. The molecule has 0 radical (unpaired) electrons. The predicted molar refractivity (Wildman–Crippen MR) is 89.2 cm³/mol. The Morgan fingerprint density at radius 1 is 1.43 bits per heavy atom. The fourth-order valence-corrected chi connectivity index (χ4v) is 2.34. The van der Waals surface area contributed by atoms with E-state index in [9.17, 15) is 9.59 Å². The Morgan fingerprint density at radius 3 is 2.74 bits per heavy atom. The van der Waals surface area contributed by atoms with Crippen molar-refractivity contribution in [2.45, 2.75) is 39.7 Å². The topological polar surface area (TPSA) is 79.8 Å². The van der Waals surface area contributed by atoms with Crippen molar-refractivity contribution in [1.29, 1.82) is 0 Å². The number of anilines is 1. The summed E-state index contributed by atoms with van der Waals surface area (Å²) >= 11 is 0. The lowest BCUT2D eigenvalue weighted by Crippen LogP contribution is -2.32. The highest BCUT2D eigenvalue weighted by Gasteiger charge is 2.21. The van der Waals surface area contributed by atoms with E-state index in [1.54, 1.807) is 6.92 Å². The van der Waals surface area contributed by atoms with Crippen molar-refractivity contribution in [3.8, 4) is 0 Å². The molecule has 0 fully saturated rings. The quantitative estimate of drug-likeness (QED) is 0.845. The fourth-order valence-electron chi connectivity index (χ4n) is 2.34. The van der Waals surface area contributed by atoms with E-state index in [-0.39, 0.29) is 17.7 Å². The van der Waals surface area contributed by atoms with Gasteiger partial charge < -0.3 is 10.1 Å². The van der Waals surface area contributed by atoms with Crippen molar-refractivity contribution >= 4 is 23.2 Å². The summed E-state index contributed by atoms with van der Waals surface area (Å²) in [6.45, 7) is 6.28. The van der Waals surface area contributed by atoms with Gasteiger partial charge in [-0.15, -0.1) is 0 Å². The molecule has 0 aliphatic carbocycles. The molecule has 6 nitrogen and oxygen atoms in total. The molecular formula is C17H23N3O3. The summed E-state index contributed by atoms with van der Waals surface area (Å²) in [5.74, 6) is -0.153. The molecule has 1 aromatic carbocycles. The predicted octanol–water partition coefficient (Wildman–Crippen LogP) is 2.30. The number of hydrogen-bond donors (Lipinski definition) is 2. The van der Waals surface area contributed by atoms with Gasteiger partial charge in [0, 0.05) is 24.6 Å². The first-order chi connectivity index (χ1) is 11.0. The molecule has 1 aliphatic rings. The van der Waals surface area contributed by atoms with Crippen LogP contribution >= 0.6 is 0 Å². The second-order valence-corrected chi connectivity index (χ2v) is 5.72. The third-order valence-electron chi connectivity index (χ3n) is 3.65. The van der Waals surface area contributed by atoms with Crippen LogP contribution in [0.1, 0.15) is 39.2 Å². The zero-order valence-electron chi connectivity index (χ0n) is 13.8. The van der Waals surface area contributed by atoms with E-state index in [1.807, 2.05) is 38.1 Å². The molecule has 2 rings (SSSR count). The lowest BCUT2D eigenvalue weighted by atomic mass is 9.94. The summed E-state index contributed by atoms with van der Waals surface area (Å²) < 4.78 is 5.40. The van der Waals surface area contributed by atoms with E-state index >= 15 is 0 Å². The third-order valence-corrected chi connectivity index (χ3v) is 3.65. The number of nitrogens with one attached hydrogen (secondary N) is 2. The molecule has 2 amide bonds. The van der Waals surface area contributed by atoms with Crippen LogP contribution in [0.3, 0.4) is 0 Å². The molecule has 0 saturated heterocycles. The average Bonchev–Trinajstić information content (AvgIpc) is 2.53. The smallest absolute Gasteiger partial charge is 0.253 e. The molecule has 1 aliphatic heterocycles. The van der Waals surface area contributed by atoms with E-state index < -0.39 is 6.10 Å². The van der Waals surface area contributed by atoms with Crippen molar-refractivity contribution < 1.29 is 14.3 Å². The summed E-state index contributed by atoms with van der Waals surface area (Å²) in [4.78, 5) is 23.3. The summed E-state index contributed by atoms with van der Waals surface area (Å²) in [5, 5.41) is 6.95. The first-order valence-corrected chi connectivity index (χ1v) is 7.90. The highest BCUT2D eigenvalue weighted by molar-refractivity contribution is 6.06. The van der Waals surface area contributed by atoms with Gasteiger partial charge in [0.1, 0.15) is 6.10 Å². The highest BCUT2D eigenvalue weighted by Crippen LogP contribution is 2.18. The molecule has 0 bridgehead atoms. The second kappa shape index (κ2) is 7.87. The van der Waals surface area contributed by atoms with Gasteiger partial charge in [-0.2, -0.15) is 5.10 Å². The maximum absolute atomic E-state index is 12.0. The van der Waals surface area contributed by atoms with Gasteiger partial charge in [-0.25, -0.2) is 5.43 Å². The molecule has 2 N–H and O–H groups in total. The normalized spacial score (nSPS) is 18.8. The fraction of sp³-hybridized carbons (Fsp3) is 0.471. The van der Waals surface area contributed by atoms with Crippen LogP contribution < -0.4 is 10.7 Å². The maximum atomic E-state index is 12.0. The van der Waals surface area contributed by atoms with Gasteiger partial charge in [0.05, 0.1) is 5.71 Å². The molecule has 0 aromatic heterocycles. The van der Waals surface area contributed by atoms with Crippen LogP contribution in [0.15, 0.2) is 29.4 Å². The number of amides is 2. The Kier molecular flexibility index (Phi) is 5.87.